The van der Waals surface area contributed by atoms with Gasteiger partial charge in [0.2, 0.25) is 0 Å². The second kappa shape index (κ2) is 5.31. The molecule has 0 spiro atoms. The molecule has 0 aromatic heterocycles. The fourth-order valence-corrected chi connectivity index (χ4v) is 2.99. The summed E-state index contributed by atoms with van der Waals surface area (Å²) < 4.78 is 5.79. The van der Waals surface area contributed by atoms with Crippen LogP contribution in [0.2, 0.25) is 0 Å². The van der Waals surface area contributed by atoms with Crippen molar-refractivity contribution in [3.05, 3.63) is 0 Å². The summed E-state index contributed by atoms with van der Waals surface area (Å²) in [5, 5.41) is 0. The Hall–Kier alpha value is -0.0800. The summed E-state index contributed by atoms with van der Waals surface area (Å²) in [5.41, 5.74) is 4.10. The Morgan fingerprint density at radius 3 is 2.53 bits per heavy atom. The van der Waals surface area contributed by atoms with E-state index < -0.39 is 0 Å². The molecule has 0 bridgehead atoms. The topological polar surface area (TPSA) is 36.9 Å². The first kappa shape index (κ1) is 13.0. The monoisotopic (exact) mass is 214 g/mol. The van der Waals surface area contributed by atoms with Crippen LogP contribution in [0.4, 0.5) is 0 Å². The third kappa shape index (κ3) is 3.76. The standard InChI is InChI=1S/C13H27NO/c1-10(2)12(5-7-14)11-6-8-15-13(3,4)9-11/h10-12H,5-9,14H2,1-4H3/p+1/t11-,12-/m0/s1. The van der Waals surface area contributed by atoms with Gasteiger partial charge in [0.1, 0.15) is 0 Å². The minimum atomic E-state index is 0.0945. The molecule has 0 aromatic rings. The highest BCUT2D eigenvalue weighted by Crippen LogP contribution is 2.37. The number of hydrogen-bond donors (Lipinski definition) is 1. The molecule has 0 aliphatic carbocycles. The Bertz CT molecular complexity index is 189. The van der Waals surface area contributed by atoms with Gasteiger partial charge in [0.15, 0.2) is 0 Å². The lowest BCUT2D eigenvalue weighted by molar-refractivity contribution is -0.371. The molecule has 90 valence electrons. The molecule has 0 aromatic carbocycles. The van der Waals surface area contributed by atoms with Gasteiger partial charge in [-0.25, -0.2) is 0 Å². The number of rotatable bonds is 4. The van der Waals surface area contributed by atoms with Crippen LogP contribution in [0.25, 0.3) is 0 Å². The van der Waals surface area contributed by atoms with Gasteiger partial charge in [0.25, 0.3) is 0 Å². The third-order valence-corrected chi connectivity index (χ3v) is 3.73. The fourth-order valence-electron chi connectivity index (χ4n) is 2.99. The highest BCUT2D eigenvalue weighted by atomic mass is 16.5. The molecule has 1 aliphatic heterocycles. The van der Waals surface area contributed by atoms with Crippen molar-refractivity contribution in [1.82, 2.24) is 0 Å². The fraction of sp³-hybridized carbons (Fsp3) is 1.00. The van der Waals surface area contributed by atoms with Crippen LogP contribution in [-0.2, 0) is 4.74 Å². The summed E-state index contributed by atoms with van der Waals surface area (Å²) in [4.78, 5) is 0. The molecule has 1 heterocycles. The molecule has 2 heteroatoms. The maximum absolute atomic E-state index is 5.79. The summed E-state index contributed by atoms with van der Waals surface area (Å²) in [5.74, 6) is 2.46. The Labute approximate surface area is 94.6 Å². The van der Waals surface area contributed by atoms with E-state index in [-0.39, 0.29) is 5.60 Å². The van der Waals surface area contributed by atoms with Crippen molar-refractivity contribution >= 4 is 0 Å². The minimum Gasteiger partial charge on any atom is -0.376 e. The number of hydrogen-bond acceptors (Lipinski definition) is 1. The van der Waals surface area contributed by atoms with Gasteiger partial charge in [-0.3, -0.25) is 0 Å². The highest BCUT2D eigenvalue weighted by Gasteiger charge is 2.34. The Kier molecular flexibility index (Phi) is 4.60. The van der Waals surface area contributed by atoms with Gasteiger partial charge < -0.3 is 10.5 Å². The van der Waals surface area contributed by atoms with Gasteiger partial charge >= 0.3 is 0 Å². The van der Waals surface area contributed by atoms with Crippen LogP contribution in [-0.4, -0.2) is 18.8 Å². The Balaban J connectivity index is 2.59. The van der Waals surface area contributed by atoms with Crippen LogP contribution in [0.15, 0.2) is 0 Å². The largest absolute Gasteiger partial charge is 0.376 e. The number of ether oxygens (including phenoxy) is 1. The summed E-state index contributed by atoms with van der Waals surface area (Å²) in [6.07, 6.45) is 3.74. The van der Waals surface area contributed by atoms with Gasteiger partial charge in [-0.05, 0) is 50.9 Å². The minimum absolute atomic E-state index is 0.0945. The van der Waals surface area contributed by atoms with Crippen LogP contribution in [0.3, 0.4) is 0 Å². The van der Waals surface area contributed by atoms with E-state index in [4.69, 9.17) is 4.74 Å². The smallest absolute Gasteiger partial charge is 0.0742 e. The van der Waals surface area contributed by atoms with Crippen molar-refractivity contribution in [2.75, 3.05) is 13.2 Å². The van der Waals surface area contributed by atoms with Crippen molar-refractivity contribution in [2.45, 2.75) is 52.6 Å². The average molecular weight is 214 g/mol. The molecule has 0 amide bonds. The highest BCUT2D eigenvalue weighted by molar-refractivity contribution is 4.83. The molecule has 0 saturated carbocycles. The van der Waals surface area contributed by atoms with Crippen LogP contribution in [0.1, 0.15) is 47.0 Å². The predicted molar refractivity (Wildman–Crippen MR) is 63.5 cm³/mol. The zero-order valence-electron chi connectivity index (χ0n) is 10.9. The predicted octanol–water partition coefficient (Wildman–Crippen LogP) is 2.10. The van der Waals surface area contributed by atoms with Gasteiger partial charge in [0, 0.05) is 6.61 Å². The first-order valence-corrected chi connectivity index (χ1v) is 6.39. The summed E-state index contributed by atoms with van der Waals surface area (Å²) in [6.45, 7) is 11.2. The van der Waals surface area contributed by atoms with Gasteiger partial charge in [-0.1, -0.05) is 13.8 Å². The first-order chi connectivity index (χ1) is 6.96. The quantitative estimate of drug-likeness (QED) is 0.764. The van der Waals surface area contributed by atoms with Crippen molar-refractivity contribution in [2.24, 2.45) is 17.8 Å². The van der Waals surface area contributed by atoms with E-state index in [0.717, 1.165) is 30.9 Å². The normalized spacial score (nSPS) is 28.0. The molecule has 2 atom stereocenters. The molecular weight excluding hydrogens is 186 g/mol. The second-order valence-corrected chi connectivity index (χ2v) is 5.91. The van der Waals surface area contributed by atoms with Crippen LogP contribution >= 0.6 is 0 Å². The molecule has 0 unspecified atom stereocenters. The molecule has 1 saturated heterocycles. The maximum Gasteiger partial charge on any atom is 0.0742 e. The van der Waals surface area contributed by atoms with Crippen LogP contribution in [0.5, 0.6) is 0 Å². The molecule has 3 N–H and O–H groups in total. The summed E-state index contributed by atoms with van der Waals surface area (Å²) >= 11 is 0. The van der Waals surface area contributed by atoms with Crippen molar-refractivity contribution in [3.8, 4) is 0 Å². The van der Waals surface area contributed by atoms with Crippen LogP contribution < -0.4 is 5.73 Å². The van der Waals surface area contributed by atoms with Crippen molar-refractivity contribution < 1.29 is 10.5 Å². The zero-order chi connectivity index (χ0) is 11.5. The second-order valence-electron chi connectivity index (χ2n) is 5.91. The van der Waals surface area contributed by atoms with E-state index in [1.54, 1.807) is 0 Å². The van der Waals surface area contributed by atoms with E-state index in [1.165, 1.54) is 19.3 Å². The van der Waals surface area contributed by atoms with Gasteiger partial charge in [-0.15, -0.1) is 0 Å². The molecule has 2 nitrogen and oxygen atoms in total. The van der Waals surface area contributed by atoms with Crippen molar-refractivity contribution in [3.63, 3.8) is 0 Å². The molecule has 1 fully saturated rings. The Morgan fingerprint density at radius 1 is 1.40 bits per heavy atom. The van der Waals surface area contributed by atoms with Gasteiger partial charge in [0.05, 0.1) is 12.1 Å². The van der Waals surface area contributed by atoms with E-state index in [0.29, 0.717) is 0 Å². The molecule has 0 radical (unpaired) electrons. The lowest BCUT2D eigenvalue weighted by Crippen LogP contribution is -2.52. The van der Waals surface area contributed by atoms with Crippen LogP contribution in [0, 0.1) is 17.8 Å². The average Bonchev–Trinajstić information content (AvgIpc) is 2.11. The first-order valence-electron chi connectivity index (χ1n) is 6.39. The SMILES string of the molecule is CC(C)[C@H](CC[NH3+])[C@H]1CCOC(C)(C)C1. The molecule has 1 aliphatic rings. The third-order valence-electron chi connectivity index (χ3n) is 3.73. The van der Waals surface area contributed by atoms with Gasteiger partial charge in [-0.2, -0.15) is 0 Å². The van der Waals surface area contributed by atoms with E-state index in [2.05, 4.69) is 33.4 Å². The van der Waals surface area contributed by atoms with Crippen molar-refractivity contribution in [1.29, 1.82) is 0 Å². The van der Waals surface area contributed by atoms with E-state index >= 15 is 0 Å². The van der Waals surface area contributed by atoms with E-state index in [9.17, 15) is 0 Å². The molecular formula is C13H28NO+. The maximum atomic E-state index is 5.79. The number of quaternary nitrogens is 1. The van der Waals surface area contributed by atoms with E-state index in [1.807, 2.05) is 0 Å². The lowest BCUT2D eigenvalue weighted by atomic mass is 9.73. The summed E-state index contributed by atoms with van der Waals surface area (Å²) in [6, 6.07) is 0. The zero-order valence-corrected chi connectivity index (χ0v) is 10.9. The summed E-state index contributed by atoms with van der Waals surface area (Å²) in [7, 11) is 0. The molecule has 1 rings (SSSR count). The Morgan fingerprint density at radius 2 is 2.07 bits per heavy atom. The molecule has 15 heavy (non-hydrogen) atoms. The lowest BCUT2D eigenvalue weighted by Gasteiger charge is -2.40.